The second-order valence-electron chi connectivity index (χ2n) is 12.2. The van der Waals surface area contributed by atoms with E-state index in [4.69, 9.17) is 18.9 Å². The SMILES string of the molecule is COc1cc2c(OC)cc1Cc1cc(O)c(cc1O)Cc1cc(O)c(cc1O)Cc1cc(OC)c(cc1OC)Cc1cc(O)c(cc1O)C2. The Morgan fingerprint density at radius 1 is 0.286 bits per heavy atom. The van der Waals surface area contributed by atoms with E-state index < -0.39 is 0 Å². The van der Waals surface area contributed by atoms with E-state index in [1.165, 1.54) is 64.8 Å². The van der Waals surface area contributed by atoms with Crippen molar-refractivity contribution >= 4 is 0 Å². The van der Waals surface area contributed by atoms with E-state index in [1.54, 1.807) is 24.3 Å². The van der Waals surface area contributed by atoms with Crippen molar-refractivity contribution in [1.29, 1.82) is 0 Å². The average Bonchev–Trinajstić information content (AvgIpc) is 3.07. The lowest BCUT2D eigenvalue weighted by molar-refractivity contribution is 0.395. The molecule has 0 fully saturated rings. The number of aromatic hydroxyl groups is 6. The first-order valence-corrected chi connectivity index (χ1v) is 15.6. The molecule has 15 rings (SSSR count). The van der Waals surface area contributed by atoms with Crippen LogP contribution in [0.25, 0.3) is 0 Å². The molecule has 0 aliphatic heterocycles. The van der Waals surface area contributed by atoms with Gasteiger partial charge in [-0.3, -0.25) is 0 Å². The molecule has 5 aromatic carbocycles. The number of rotatable bonds is 4. The van der Waals surface area contributed by atoms with Gasteiger partial charge in [0.2, 0.25) is 0 Å². The third kappa shape index (κ3) is 6.49. The summed E-state index contributed by atoms with van der Waals surface area (Å²) in [6, 6.07) is 15.9. The van der Waals surface area contributed by atoms with Crippen LogP contribution in [0.5, 0.6) is 57.5 Å². The average molecular weight is 667 g/mol. The highest BCUT2D eigenvalue weighted by molar-refractivity contribution is 5.58. The minimum atomic E-state index is -0.0977. The fraction of sp³-hybridized carbons (Fsp3) is 0.231. The predicted octanol–water partition coefficient (Wildman–Crippen LogP) is 6.22. The molecule has 10 aliphatic rings. The summed E-state index contributed by atoms with van der Waals surface area (Å²) in [5.41, 5.74) is 5.21. The zero-order valence-corrected chi connectivity index (χ0v) is 27.6. The van der Waals surface area contributed by atoms with Gasteiger partial charge in [-0.1, -0.05) is 0 Å². The summed E-state index contributed by atoms with van der Waals surface area (Å²) >= 11 is 0. The van der Waals surface area contributed by atoms with Crippen LogP contribution in [0, 0.1) is 0 Å². The van der Waals surface area contributed by atoms with E-state index in [0.717, 1.165) is 0 Å². The summed E-state index contributed by atoms with van der Waals surface area (Å²) in [7, 11) is 6.09. The molecule has 10 heteroatoms. The van der Waals surface area contributed by atoms with Crippen molar-refractivity contribution in [2.75, 3.05) is 28.4 Å². The van der Waals surface area contributed by atoms with E-state index in [2.05, 4.69) is 0 Å². The zero-order chi connectivity index (χ0) is 35.0. The van der Waals surface area contributed by atoms with Gasteiger partial charge in [0.15, 0.2) is 0 Å². The monoisotopic (exact) mass is 666 g/mol. The van der Waals surface area contributed by atoms with Crippen LogP contribution in [0.3, 0.4) is 0 Å². The molecule has 0 amide bonds. The van der Waals surface area contributed by atoms with E-state index in [9.17, 15) is 30.6 Å². The molecule has 0 aromatic heterocycles. The smallest absolute Gasteiger partial charge is 0.122 e. The fourth-order valence-electron chi connectivity index (χ4n) is 6.47. The highest BCUT2D eigenvalue weighted by Crippen LogP contribution is 2.41. The third-order valence-electron chi connectivity index (χ3n) is 9.11. The van der Waals surface area contributed by atoms with Crippen molar-refractivity contribution in [3.63, 3.8) is 0 Å². The van der Waals surface area contributed by atoms with Crippen molar-refractivity contribution in [2.24, 2.45) is 0 Å². The molecular formula is C39H38O10. The molecule has 49 heavy (non-hydrogen) atoms. The van der Waals surface area contributed by atoms with Gasteiger partial charge in [-0.15, -0.1) is 0 Å². The Morgan fingerprint density at radius 2 is 0.449 bits per heavy atom. The van der Waals surface area contributed by atoms with E-state index in [-0.39, 0.29) is 66.6 Å². The molecule has 0 spiro atoms. The molecule has 10 nitrogen and oxygen atoms in total. The summed E-state index contributed by atoms with van der Waals surface area (Å²) in [5, 5.41) is 66.3. The van der Waals surface area contributed by atoms with Crippen LogP contribution in [0.15, 0.2) is 60.7 Å². The Balaban J connectivity index is 1.53. The van der Waals surface area contributed by atoms with E-state index >= 15 is 0 Å². The normalized spacial score (nSPS) is 12.6. The quantitative estimate of drug-likeness (QED) is 0.119. The molecule has 6 N–H and O–H groups in total. The van der Waals surface area contributed by atoms with Crippen LogP contribution in [-0.2, 0) is 32.1 Å². The molecule has 10 aliphatic carbocycles. The summed E-state index contributed by atoms with van der Waals surface area (Å²) in [6.07, 6.45) is 0.842. The van der Waals surface area contributed by atoms with Gasteiger partial charge in [0, 0.05) is 87.7 Å². The van der Waals surface area contributed by atoms with Crippen LogP contribution in [0.2, 0.25) is 0 Å². The number of benzene rings is 5. The lowest BCUT2D eigenvalue weighted by atomic mass is 9.94. The third-order valence-corrected chi connectivity index (χ3v) is 9.11. The number of methoxy groups -OCH3 is 4. The summed E-state index contributed by atoms with van der Waals surface area (Å²) in [4.78, 5) is 0. The Kier molecular flexibility index (Phi) is 8.97. The van der Waals surface area contributed by atoms with Gasteiger partial charge in [-0.05, 0) is 60.7 Å². The van der Waals surface area contributed by atoms with Gasteiger partial charge in [0.1, 0.15) is 57.5 Å². The fourth-order valence-corrected chi connectivity index (χ4v) is 6.47. The standard InChI is InChI=1S/C39H38O10/c1-46-36-18-28-8-24-14-35(45)25(15-34(24)44)9-29-19-37(47-2)27(17-39(29)49-4)7-23-13-31(41)21(11-33(23)43)5-20-10-32(42)22(12-30(20)40)6-26(36)16-38(28)48-3/h10-19,40-45H,5-9H2,1-4H3. The van der Waals surface area contributed by atoms with Crippen molar-refractivity contribution in [3.8, 4) is 57.5 Å². The Labute approximate surface area is 283 Å². The van der Waals surface area contributed by atoms with Crippen molar-refractivity contribution in [3.05, 3.63) is 116 Å². The molecule has 0 saturated heterocycles. The molecule has 0 unspecified atom stereocenters. The maximum absolute atomic E-state index is 11.1. The maximum atomic E-state index is 11.1. The first-order valence-electron chi connectivity index (χ1n) is 15.6. The molecule has 0 saturated carbocycles. The van der Waals surface area contributed by atoms with Crippen molar-refractivity contribution in [2.45, 2.75) is 32.1 Å². The van der Waals surface area contributed by atoms with Crippen LogP contribution in [0.1, 0.15) is 55.6 Å². The minimum Gasteiger partial charge on any atom is -0.508 e. The minimum absolute atomic E-state index is 0.0230. The molecule has 0 atom stereocenters. The van der Waals surface area contributed by atoms with Gasteiger partial charge >= 0.3 is 0 Å². The largest absolute Gasteiger partial charge is 0.508 e. The molecule has 0 heterocycles. The Hall–Kier alpha value is -5.90. The Morgan fingerprint density at radius 3 is 0.612 bits per heavy atom. The van der Waals surface area contributed by atoms with Gasteiger partial charge in [0.05, 0.1) is 28.4 Å². The molecule has 254 valence electrons. The van der Waals surface area contributed by atoms with Gasteiger partial charge in [0.25, 0.3) is 0 Å². The number of phenolic OH excluding ortho intramolecular Hbond substituents is 6. The second kappa shape index (κ2) is 13.3. The molecule has 5 aromatic rings. The van der Waals surface area contributed by atoms with Gasteiger partial charge < -0.3 is 49.6 Å². The first-order chi connectivity index (χ1) is 23.5. The highest BCUT2D eigenvalue weighted by atomic mass is 16.5. The van der Waals surface area contributed by atoms with Crippen LogP contribution in [0.4, 0.5) is 0 Å². The maximum Gasteiger partial charge on any atom is 0.122 e. The number of ether oxygens (including phenoxy) is 4. The zero-order valence-electron chi connectivity index (χ0n) is 27.6. The van der Waals surface area contributed by atoms with Crippen LogP contribution in [-0.4, -0.2) is 59.1 Å². The van der Waals surface area contributed by atoms with Gasteiger partial charge in [-0.2, -0.15) is 0 Å². The summed E-state index contributed by atoms with van der Waals surface area (Å²) in [5.74, 6) is 1.60. The lowest BCUT2D eigenvalue weighted by Gasteiger charge is -2.18. The van der Waals surface area contributed by atoms with Crippen molar-refractivity contribution < 1.29 is 49.6 Å². The highest BCUT2D eigenvalue weighted by Gasteiger charge is 2.21. The molecular weight excluding hydrogens is 628 g/mol. The number of phenols is 6. The predicted molar refractivity (Wildman–Crippen MR) is 182 cm³/mol. The summed E-state index contributed by atoms with van der Waals surface area (Å²) in [6.45, 7) is 0. The molecule has 10 bridgehead atoms. The molecule has 0 radical (unpaired) electrons. The van der Waals surface area contributed by atoms with Gasteiger partial charge in [-0.25, -0.2) is 0 Å². The number of hydrogen-bond acceptors (Lipinski definition) is 10. The summed E-state index contributed by atoms with van der Waals surface area (Å²) < 4.78 is 22.8. The topological polar surface area (TPSA) is 158 Å². The van der Waals surface area contributed by atoms with Crippen LogP contribution < -0.4 is 18.9 Å². The van der Waals surface area contributed by atoms with E-state index in [0.29, 0.717) is 78.6 Å². The Bertz CT molecular complexity index is 1920. The van der Waals surface area contributed by atoms with E-state index in [1.807, 2.05) is 0 Å². The number of hydrogen-bond donors (Lipinski definition) is 6. The van der Waals surface area contributed by atoms with Crippen LogP contribution >= 0.6 is 0 Å². The van der Waals surface area contributed by atoms with Crippen molar-refractivity contribution in [1.82, 2.24) is 0 Å². The lowest BCUT2D eigenvalue weighted by Crippen LogP contribution is -2.02. The first kappa shape index (κ1) is 33.0. The second-order valence-corrected chi connectivity index (χ2v) is 12.2.